The minimum atomic E-state index is -0.669. The molecule has 5 nitrogen and oxygen atoms in total. The van der Waals surface area contributed by atoms with Gasteiger partial charge in [0.25, 0.3) is 0 Å². The molecule has 0 aliphatic heterocycles. The Morgan fingerprint density at radius 3 is 2.75 bits per heavy atom. The van der Waals surface area contributed by atoms with Crippen LogP contribution < -0.4 is 10.1 Å². The van der Waals surface area contributed by atoms with Gasteiger partial charge in [-0.15, -0.1) is 0 Å². The molecule has 0 amide bonds. The van der Waals surface area contributed by atoms with Gasteiger partial charge in [0.2, 0.25) is 5.88 Å². The lowest BCUT2D eigenvalue weighted by Gasteiger charge is -2.09. The summed E-state index contributed by atoms with van der Waals surface area (Å²) in [7, 11) is 1.40. The van der Waals surface area contributed by atoms with Crippen LogP contribution in [0.4, 0.5) is 14.6 Å². The van der Waals surface area contributed by atoms with Gasteiger partial charge >= 0.3 is 0 Å². The van der Waals surface area contributed by atoms with E-state index in [1.165, 1.54) is 19.4 Å². The molecular formula is C13H11F2N3O2. The lowest BCUT2D eigenvalue weighted by atomic mass is 10.2. The van der Waals surface area contributed by atoms with Gasteiger partial charge in [-0.3, -0.25) is 4.79 Å². The fourth-order valence-electron chi connectivity index (χ4n) is 1.61. The van der Waals surface area contributed by atoms with Gasteiger partial charge < -0.3 is 10.1 Å². The highest BCUT2D eigenvalue weighted by molar-refractivity contribution is 5.74. The van der Waals surface area contributed by atoms with E-state index in [0.717, 1.165) is 12.3 Å². The van der Waals surface area contributed by atoms with Gasteiger partial charge in [0.05, 0.1) is 13.3 Å². The number of carbonyl (C=O) groups is 1. The summed E-state index contributed by atoms with van der Waals surface area (Å²) in [6, 6.07) is 2.29. The normalized spacial score (nSPS) is 10.2. The zero-order valence-electron chi connectivity index (χ0n) is 10.6. The molecule has 0 unspecified atom stereocenters. The molecule has 2 aromatic rings. The summed E-state index contributed by atoms with van der Waals surface area (Å²) in [5.74, 6) is -0.990. The number of aldehydes is 1. The Kier molecular flexibility index (Phi) is 4.19. The summed E-state index contributed by atoms with van der Waals surface area (Å²) < 4.78 is 31.7. The first-order valence-electron chi connectivity index (χ1n) is 5.67. The lowest BCUT2D eigenvalue weighted by Crippen LogP contribution is -2.07. The summed E-state index contributed by atoms with van der Waals surface area (Å²) in [4.78, 5) is 18.0. The van der Waals surface area contributed by atoms with Crippen LogP contribution in [0.15, 0.2) is 24.5 Å². The maximum atomic E-state index is 13.6. The molecule has 0 aromatic carbocycles. The standard InChI is InChI=1S/C13H11F2N3O2/c1-20-13-9(3-10(14)6-18-13)5-17-12-11(15)2-8(7-19)4-16-12/h2-4,6-7H,5H2,1H3,(H,16,17). The average Bonchev–Trinajstić information content (AvgIpc) is 2.46. The van der Waals surface area contributed by atoms with E-state index < -0.39 is 11.6 Å². The number of anilines is 1. The van der Waals surface area contributed by atoms with Crippen molar-refractivity contribution < 1.29 is 18.3 Å². The summed E-state index contributed by atoms with van der Waals surface area (Å²) in [5, 5.41) is 2.69. The van der Waals surface area contributed by atoms with Crippen LogP contribution in [0, 0.1) is 11.6 Å². The molecule has 2 aromatic heterocycles. The molecule has 104 valence electrons. The van der Waals surface area contributed by atoms with Crippen LogP contribution in [-0.2, 0) is 6.54 Å². The van der Waals surface area contributed by atoms with Crippen molar-refractivity contribution in [2.24, 2.45) is 0 Å². The quantitative estimate of drug-likeness (QED) is 0.850. The van der Waals surface area contributed by atoms with Crippen molar-refractivity contribution >= 4 is 12.1 Å². The Labute approximate surface area is 113 Å². The highest BCUT2D eigenvalue weighted by Gasteiger charge is 2.09. The molecule has 0 radical (unpaired) electrons. The Morgan fingerprint density at radius 1 is 1.30 bits per heavy atom. The number of nitrogens with zero attached hydrogens (tertiary/aromatic N) is 2. The fraction of sp³-hybridized carbons (Fsp3) is 0.154. The van der Waals surface area contributed by atoms with Gasteiger partial charge in [0.15, 0.2) is 17.9 Å². The molecule has 0 fully saturated rings. The Balaban J connectivity index is 2.16. The fourth-order valence-corrected chi connectivity index (χ4v) is 1.61. The van der Waals surface area contributed by atoms with Crippen LogP contribution >= 0.6 is 0 Å². The van der Waals surface area contributed by atoms with Crippen LogP contribution in [0.2, 0.25) is 0 Å². The van der Waals surface area contributed by atoms with E-state index >= 15 is 0 Å². The Hall–Kier alpha value is -2.57. The number of ether oxygens (including phenoxy) is 1. The van der Waals surface area contributed by atoms with Crippen LogP contribution in [0.5, 0.6) is 5.88 Å². The Morgan fingerprint density at radius 2 is 2.10 bits per heavy atom. The van der Waals surface area contributed by atoms with Gasteiger partial charge in [-0.2, -0.15) is 0 Å². The zero-order chi connectivity index (χ0) is 14.5. The third-order valence-corrected chi connectivity index (χ3v) is 2.53. The first-order valence-corrected chi connectivity index (χ1v) is 5.67. The molecule has 7 heteroatoms. The van der Waals surface area contributed by atoms with Crippen molar-refractivity contribution in [1.29, 1.82) is 0 Å². The van der Waals surface area contributed by atoms with E-state index in [4.69, 9.17) is 4.74 Å². The van der Waals surface area contributed by atoms with E-state index in [9.17, 15) is 13.6 Å². The van der Waals surface area contributed by atoms with E-state index in [0.29, 0.717) is 11.8 Å². The second kappa shape index (κ2) is 6.05. The lowest BCUT2D eigenvalue weighted by molar-refractivity contribution is 0.112. The summed E-state index contributed by atoms with van der Waals surface area (Å²) in [6.45, 7) is 0.0816. The maximum absolute atomic E-state index is 13.6. The van der Waals surface area contributed by atoms with Crippen molar-refractivity contribution in [3.63, 3.8) is 0 Å². The highest BCUT2D eigenvalue weighted by Crippen LogP contribution is 2.18. The number of halogens is 2. The zero-order valence-corrected chi connectivity index (χ0v) is 10.6. The van der Waals surface area contributed by atoms with Gasteiger partial charge in [-0.1, -0.05) is 0 Å². The monoisotopic (exact) mass is 279 g/mol. The van der Waals surface area contributed by atoms with Crippen LogP contribution in [-0.4, -0.2) is 23.4 Å². The molecule has 0 spiro atoms. The highest BCUT2D eigenvalue weighted by atomic mass is 19.1. The molecule has 1 N–H and O–H groups in total. The van der Waals surface area contributed by atoms with E-state index in [-0.39, 0.29) is 23.8 Å². The average molecular weight is 279 g/mol. The molecule has 0 aliphatic carbocycles. The second-order valence-corrected chi connectivity index (χ2v) is 3.89. The molecule has 2 heterocycles. The maximum Gasteiger partial charge on any atom is 0.218 e. The molecule has 0 saturated heterocycles. The van der Waals surface area contributed by atoms with Gasteiger partial charge in [0, 0.05) is 23.9 Å². The topological polar surface area (TPSA) is 64.1 Å². The number of carbonyl (C=O) groups excluding carboxylic acids is 1. The number of hydrogen-bond acceptors (Lipinski definition) is 5. The van der Waals surface area contributed by atoms with Gasteiger partial charge in [0.1, 0.15) is 5.82 Å². The third kappa shape index (κ3) is 3.05. The minimum Gasteiger partial charge on any atom is -0.481 e. The van der Waals surface area contributed by atoms with Gasteiger partial charge in [-0.25, -0.2) is 18.7 Å². The molecule has 20 heavy (non-hydrogen) atoms. The number of aromatic nitrogens is 2. The second-order valence-electron chi connectivity index (χ2n) is 3.89. The largest absolute Gasteiger partial charge is 0.481 e. The first-order chi connectivity index (χ1) is 9.63. The third-order valence-electron chi connectivity index (χ3n) is 2.53. The number of hydrogen-bond donors (Lipinski definition) is 1. The van der Waals surface area contributed by atoms with E-state index in [1.807, 2.05) is 0 Å². The molecule has 2 rings (SSSR count). The van der Waals surface area contributed by atoms with E-state index in [1.54, 1.807) is 0 Å². The summed E-state index contributed by atoms with van der Waals surface area (Å²) in [5.41, 5.74) is 0.561. The minimum absolute atomic E-state index is 0.0399. The number of pyridine rings is 2. The summed E-state index contributed by atoms with van der Waals surface area (Å²) in [6.07, 6.45) is 2.76. The van der Waals surface area contributed by atoms with Crippen LogP contribution in [0.1, 0.15) is 15.9 Å². The van der Waals surface area contributed by atoms with Crippen molar-refractivity contribution in [3.05, 3.63) is 47.3 Å². The molecule has 0 atom stereocenters. The number of rotatable bonds is 5. The predicted octanol–water partition coefficient (Wildman–Crippen LogP) is 2.19. The van der Waals surface area contributed by atoms with Crippen LogP contribution in [0.3, 0.4) is 0 Å². The first kappa shape index (κ1) is 13.9. The predicted molar refractivity (Wildman–Crippen MR) is 67.7 cm³/mol. The molecule has 0 saturated carbocycles. The van der Waals surface area contributed by atoms with Crippen molar-refractivity contribution in [1.82, 2.24) is 9.97 Å². The summed E-state index contributed by atoms with van der Waals surface area (Å²) >= 11 is 0. The molecule has 0 bridgehead atoms. The van der Waals surface area contributed by atoms with Crippen LogP contribution in [0.25, 0.3) is 0 Å². The smallest absolute Gasteiger partial charge is 0.218 e. The van der Waals surface area contributed by atoms with Crippen molar-refractivity contribution in [2.45, 2.75) is 6.54 Å². The van der Waals surface area contributed by atoms with E-state index in [2.05, 4.69) is 15.3 Å². The number of methoxy groups -OCH3 is 1. The molecular weight excluding hydrogens is 268 g/mol. The van der Waals surface area contributed by atoms with Crippen molar-refractivity contribution in [3.8, 4) is 5.88 Å². The molecule has 0 aliphatic rings. The van der Waals surface area contributed by atoms with Gasteiger partial charge in [-0.05, 0) is 12.1 Å². The number of nitrogens with one attached hydrogen (secondary N) is 1. The van der Waals surface area contributed by atoms with Crippen molar-refractivity contribution in [2.75, 3.05) is 12.4 Å². The Bertz CT molecular complexity index is 635. The SMILES string of the molecule is COc1ncc(F)cc1CNc1ncc(C=O)cc1F.